The van der Waals surface area contributed by atoms with E-state index < -0.39 is 0 Å². The number of aromatic nitrogens is 2. The molecule has 82 valence electrons. The molecular formula is C11H10ClN3O. The zero-order valence-corrected chi connectivity index (χ0v) is 9.40. The molecule has 0 saturated carbocycles. The van der Waals surface area contributed by atoms with Gasteiger partial charge in [-0.25, -0.2) is 4.68 Å². The molecule has 2 rings (SSSR count). The average Bonchev–Trinajstić information content (AvgIpc) is 2.25. The highest BCUT2D eigenvalue weighted by atomic mass is 35.5. The average molecular weight is 236 g/mol. The maximum absolute atomic E-state index is 11.3. The van der Waals surface area contributed by atoms with Crippen LogP contribution in [0.2, 0.25) is 5.02 Å². The predicted octanol–water partition coefficient (Wildman–Crippen LogP) is 1.78. The van der Waals surface area contributed by atoms with E-state index in [9.17, 15) is 4.79 Å². The molecule has 16 heavy (non-hydrogen) atoms. The number of nitrogens with two attached hydrogens (primary N) is 1. The molecule has 0 amide bonds. The number of benzene rings is 1. The fourth-order valence-electron chi connectivity index (χ4n) is 1.40. The third-order valence-corrected chi connectivity index (χ3v) is 2.46. The van der Waals surface area contributed by atoms with Crippen molar-refractivity contribution in [2.24, 2.45) is 0 Å². The summed E-state index contributed by atoms with van der Waals surface area (Å²) >= 11 is 5.79. The van der Waals surface area contributed by atoms with Gasteiger partial charge in [-0.3, -0.25) is 4.79 Å². The molecule has 0 fully saturated rings. The summed E-state index contributed by atoms with van der Waals surface area (Å²) in [6.45, 7) is 1.79. The van der Waals surface area contributed by atoms with Gasteiger partial charge in [0.1, 0.15) is 0 Å². The number of hydrogen-bond acceptors (Lipinski definition) is 3. The highest BCUT2D eigenvalue weighted by Gasteiger charge is 2.04. The maximum Gasteiger partial charge on any atom is 0.224 e. The van der Waals surface area contributed by atoms with E-state index in [-0.39, 0.29) is 11.2 Å². The molecule has 0 spiro atoms. The van der Waals surface area contributed by atoms with Gasteiger partial charge in [0.2, 0.25) is 5.43 Å². The molecular weight excluding hydrogens is 226 g/mol. The van der Waals surface area contributed by atoms with Gasteiger partial charge in [0.05, 0.1) is 5.69 Å². The quantitative estimate of drug-likeness (QED) is 0.820. The van der Waals surface area contributed by atoms with Crippen LogP contribution in [0.15, 0.2) is 35.1 Å². The van der Waals surface area contributed by atoms with E-state index in [4.69, 9.17) is 17.3 Å². The number of halogens is 1. The number of hydrogen-bond donors (Lipinski definition) is 1. The molecule has 4 nitrogen and oxygen atoms in total. The molecule has 1 heterocycles. The lowest BCUT2D eigenvalue weighted by molar-refractivity contribution is 0.808. The fraction of sp³-hybridized carbons (Fsp3) is 0.0909. The largest absolute Gasteiger partial charge is 0.379 e. The van der Waals surface area contributed by atoms with Crippen molar-refractivity contribution in [2.75, 3.05) is 5.73 Å². The first-order valence-electron chi connectivity index (χ1n) is 4.70. The summed E-state index contributed by atoms with van der Waals surface area (Å²) < 4.78 is 1.60. The first-order chi connectivity index (χ1) is 7.58. The van der Waals surface area contributed by atoms with Crippen molar-refractivity contribution in [3.05, 3.63) is 51.3 Å². The molecule has 0 aliphatic heterocycles. The molecule has 5 heteroatoms. The number of aryl methyl sites for hydroxylation is 1. The monoisotopic (exact) mass is 235 g/mol. The molecule has 0 bridgehead atoms. The fourth-order valence-corrected chi connectivity index (χ4v) is 1.53. The molecule has 2 aromatic rings. The van der Waals surface area contributed by atoms with Gasteiger partial charge in [-0.15, -0.1) is 5.10 Å². The summed E-state index contributed by atoms with van der Waals surface area (Å²) in [5.74, 6) is -0.0134. The van der Waals surface area contributed by atoms with Crippen LogP contribution in [0.25, 0.3) is 5.69 Å². The molecule has 0 radical (unpaired) electrons. The molecule has 0 aliphatic rings. The van der Waals surface area contributed by atoms with Gasteiger partial charge >= 0.3 is 0 Å². The SMILES string of the molecule is Cc1cc(=O)c(N)nn1-c1ccc(Cl)cc1. The Hall–Kier alpha value is -1.81. The number of nitrogens with zero attached hydrogens (tertiary/aromatic N) is 2. The lowest BCUT2D eigenvalue weighted by atomic mass is 10.3. The summed E-state index contributed by atoms with van der Waals surface area (Å²) in [4.78, 5) is 11.3. The summed E-state index contributed by atoms with van der Waals surface area (Å²) in [6.07, 6.45) is 0. The summed E-state index contributed by atoms with van der Waals surface area (Å²) in [5, 5.41) is 4.66. The van der Waals surface area contributed by atoms with Gasteiger partial charge in [0.25, 0.3) is 0 Å². The summed E-state index contributed by atoms with van der Waals surface area (Å²) in [5.41, 5.74) is 6.76. The minimum atomic E-state index is -0.261. The molecule has 1 aromatic heterocycles. The van der Waals surface area contributed by atoms with Crippen molar-refractivity contribution in [1.29, 1.82) is 0 Å². The maximum atomic E-state index is 11.3. The molecule has 0 aliphatic carbocycles. The van der Waals surface area contributed by atoms with E-state index >= 15 is 0 Å². The lowest BCUT2D eigenvalue weighted by Gasteiger charge is -2.09. The second-order valence-electron chi connectivity index (χ2n) is 3.42. The van der Waals surface area contributed by atoms with Gasteiger partial charge in [0.15, 0.2) is 5.82 Å². The molecule has 0 saturated heterocycles. The Bertz CT molecular complexity index is 575. The van der Waals surface area contributed by atoms with Crippen LogP contribution >= 0.6 is 11.6 Å². The van der Waals surface area contributed by atoms with Crippen LogP contribution in [0.1, 0.15) is 5.69 Å². The molecule has 2 N–H and O–H groups in total. The minimum Gasteiger partial charge on any atom is -0.379 e. The zero-order chi connectivity index (χ0) is 11.7. The standard InChI is InChI=1S/C11H10ClN3O/c1-7-6-10(16)11(13)14-15(7)9-4-2-8(12)3-5-9/h2-6H,1H3,(H2,13,14). The topological polar surface area (TPSA) is 60.9 Å². The van der Waals surface area contributed by atoms with Crippen LogP contribution < -0.4 is 11.2 Å². The molecule has 0 unspecified atom stereocenters. The number of rotatable bonds is 1. The van der Waals surface area contributed by atoms with E-state index in [1.807, 2.05) is 12.1 Å². The van der Waals surface area contributed by atoms with Crippen molar-refractivity contribution in [3.8, 4) is 5.69 Å². The van der Waals surface area contributed by atoms with Crippen LogP contribution in [0, 0.1) is 6.92 Å². The van der Waals surface area contributed by atoms with Crippen molar-refractivity contribution in [1.82, 2.24) is 9.78 Å². The van der Waals surface area contributed by atoms with Gasteiger partial charge in [-0.05, 0) is 31.2 Å². The lowest BCUT2D eigenvalue weighted by Crippen LogP contribution is -2.17. The van der Waals surface area contributed by atoms with Gasteiger partial charge in [-0.1, -0.05) is 11.6 Å². The Labute approximate surface area is 97.3 Å². The number of anilines is 1. The van der Waals surface area contributed by atoms with Crippen LogP contribution in [0.5, 0.6) is 0 Å². The number of nitrogen functional groups attached to an aromatic ring is 1. The third-order valence-electron chi connectivity index (χ3n) is 2.21. The van der Waals surface area contributed by atoms with E-state index in [2.05, 4.69) is 5.10 Å². The first-order valence-corrected chi connectivity index (χ1v) is 5.08. The highest BCUT2D eigenvalue weighted by Crippen LogP contribution is 2.13. The second-order valence-corrected chi connectivity index (χ2v) is 3.86. The predicted molar refractivity (Wildman–Crippen MR) is 64.0 cm³/mol. The van der Waals surface area contributed by atoms with Crippen molar-refractivity contribution < 1.29 is 0 Å². The first kappa shape index (κ1) is 10.7. The van der Waals surface area contributed by atoms with Crippen molar-refractivity contribution in [3.63, 3.8) is 0 Å². The smallest absolute Gasteiger partial charge is 0.224 e. The Kier molecular flexibility index (Phi) is 2.66. The van der Waals surface area contributed by atoms with E-state index in [1.54, 1.807) is 23.7 Å². The second kappa shape index (κ2) is 3.98. The van der Waals surface area contributed by atoms with Crippen molar-refractivity contribution in [2.45, 2.75) is 6.92 Å². The zero-order valence-electron chi connectivity index (χ0n) is 8.64. The van der Waals surface area contributed by atoms with E-state index in [1.165, 1.54) is 6.07 Å². The third kappa shape index (κ3) is 1.92. The Balaban J connectivity index is 2.60. The molecule has 1 aromatic carbocycles. The minimum absolute atomic E-state index is 0.0134. The summed E-state index contributed by atoms with van der Waals surface area (Å²) in [7, 11) is 0. The van der Waals surface area contributed by atoms with E-state index in [0.29, 0.717) is 5.02 Å². The van der Waals surface area contributed by atoms with Crippen LogP contribution in [0.3, 0.4) is 0 Å². The van der Waals surface area contributed by atoms with E-state index in [0.717, 1.165) is 11.4 Å². The molecule has 0 atom stereocenters. The van der Waals surface area contributed by atoms with Crippen LogP contribution in [0.4, 0.5) is 5.82 Å². The Morgan fingerprint density at radius 2 is 1.94 bits per heavy atom. The van der Waals surface area contributed by atoms with Gasteiger partial charge < -0.3 is 5.73 Å². The van der Waals surface area contributed by atoms with Crippen LogP contribution in [-0.2, 0) is 0 Å². The normalized spacial score (nSPS) is 10.4. The van der Waals surface area contributed by atoms with Crippen LogP contribution in [-0.4, -0.2) is 9.78 Å². The van der Waals surface area contributed by atoms with Crippen molar-refractivity contribution >= 4 is 17.4 Å². The summed E-state index contributed by atoms with van der Waals surface area (Å²) in [6, 6.07) is 8.59. The van der Waals surface area contributed by atoms with Gasteiger partial charge in [0, 0.05) is 16.8 Å². The Morgan fingerprint density at radius 3 is 2.56 bits per heavy atom. The highest BCUT2D eigenvalue weighted by molar-refractivity contribution is 6.30. The van der Waals surface area contributed by atoms with Gasteiger partial charge in [-0.2, -0.15) is 0 Å². The Morgan fingerprint density at radius 1 is 1.31 bits per heavy atom.